The molecule has 0 spiro atoms. The number of hydrogen-bond donors (Lipinski definition) is 0. The zero-order valence-electron chi connectivity index (χ0n) is 11.7. The average Bonchev–Trinajstić information content (AvgIpc) is 3.05. The lowest BCUT2D eigenvalue weighted by Gasteiger charge is -2.18. The SMILES string of the molecule is c1cnc2c(-c3cnc(C4CCOCC4)o3)cccc2c1. The largest absolute Gasteiger partial charge is 0.440 e. The molecule has 4 nitrogen and oxygen atoms in total. The van der Waals surface area contributed by atoms with Gasteiger partial charge in [-0.15, -0.1) is 0 Å². The van der Waals surface area contributed by atoms with Crippen LogP contribution in [0.15, 0.2) is 47.1 Å². The maximum absolute atomic E-state index is 6.01. The van der Waals surface area contributed by atoms with Gasteiger partial charge < -0.3 is 9.15 Å². The van der Waals surface area contributed by atoms with Gasteiger partial charge in [-0.1, -0.05) is 18.2 Å². The number of pyridine rings is 1. The molecule has 2 aromatic heterocycles. The summed E-state index contributed by atoms with van der Waals surface area (Å²) in [5.41, 5.74) is 1.95. The number of fused-ring (bicyclic) bond motifs is 1. The van der Waals surface area contributed by atoms with Crippen LogP contribution in [0.5, 0.6) is 0 Å². The monoisotopic (exact) mass is 280 g/mol. The molecule has 21 heavy (non-hydrogen) atoms. The molecule has 4 heteroatoms. The van der Waals surface area contributed by atoms with Gasteiger partial charge in [0, 0.05) is 36.3 Å². The van der Waals surface area contributed by atoms with E-state index in [9.17, 15) is 0 Å². The van der Waals surface area contributed by atoms with Gasteiger partial charge in [-0.05, 0) is 25.0 Å². The number of benzene rings is 1. The summed E-state index contributed by atoms with van der Waals surface area (Å²) in [5, 5.41) is 1.11. The third-order valence-electron chi connectivity index (χ3n) is 3.99. The first-order valence-corrected chi connectivity index (χ1v) is 7.29. The number of rotatable bonds is 2. The highest BCUT2D eigenvalue weighted by Gasteiger charge is 2.21. The molecule has 0 N–H and O–H groups in total. The Morgan fingerprint density at radius 3 is 2.76 bits per heavy atom. The van der Waals surface area contributed by atoms with Gasteiger partial charge in [-0.25, -0.2) is 4.98 Å². The Morgan fingerprint density at radius 2 is 1.86 bits per heavy atom. The van der Waals surface area contributed by atoms with E-state index in [0.29, 0.717) is 5.92 Å². The predicted octanol–water partition coefficient (Wildman–Crippen LogP) is 3.78. The normalized spacial score (nSPS) is 16.4. The van der Waals surface area contributed by atoms with E-state index < -0.39 is 0 Å². The van der Waals surface area contributed by atoms with Crippen LogP contribution in [0.4, 0.5) is 0 Å². The fraction of sp³-hybridized carbons (Fsp3) is 0.294. The van der Waals surface area contributed by atoms with Crippen LogP contribution in [0.1, 0.15) is 24.7 Å². The average molecular weight is 280 g/mol. The summed E-state index contributed by atoms with van der Waals surface area (Å²) in [6.45, 7) is 1.58. The molecule has 1 aliphatic rings. The number of oxazole rings is 1. The molecule has 3 heterocycles. The molecular weight excluding hydrogens is 264 g/mol. The van der Waals surface area contributed by atoms with Gasteiger partial charge in [-0.3, -0.25) is 4.98 Å². The molecule has 106 valence electrons. The van der Waals surface area contributed by atoms with Crippen molar-refractivity contribution in [1.29, 1.82) is 0 Å². The molecule has 4 rings (SSSR count). The second kappa shape index (κ2) is 5.30. The summed E-state index contributed by atoms with van der Waals surface area (Å²) >= 11 is 0. The summed E-state index contributed by atoms with van der Waals surface area (Å²) in [4.78, 5) is 8.94. The highest BCUT2D eigenvalue weighted by atomic mass is 16.5. The Kier molecular flexibility index (Phi) is 3.16. The fourth-order valence-corrected chi connectivity index (χ4v) is 2.85. The number of aromatic nitrogens is 2. The lowest BCUT2D eigenvalue weighted by Crippen LogP contribution is -2.14. The van der Waals surface area contributed by atoms with Crippen LogP contribution in [-0.2, 0) is 4.74 Å². The van der Waals surface area contributed by atoms with Crippen LogP contribution in [0.2, 0.25) is 0 Å². The van der Waals surface area contributed by atoms with Gasteiger partial charge in [0.25, 0.3) is 0 Å². The van der Waals surface area contributed by atoms with Crippen molar-refractivity contribution >= 4 is 10.9 Å². The quantitative estimate of drug-likeness (QED) is 0.716. The third kappa shape index (κ3) is 2.32. The Hall–Kier alpha value is -2.20. The Morgan fingerprint density at radius 1 is 1.00 bits per heavy atom. The molecule has 1 saturated heterocycles. The molecule has 0 amide bonds. The van der Waals surface area contributed by atoms with E-state index in [1.54, 1.807) is 0 Å². The van der Waals surface area contributed by atoms with Crippen molar-refractivity contribution in [2.45, 2.75) is 18.8 Å². The van der Waals surface area contributed by atoms with Gasteiger partial charge in [0.2, 0.25) is 0 Å². The van der Waals surface area contributed by atoms with Crippen LogP contribution in [-0.4, -0.2) is 23.2 Å². The fourth-order valence-electron chi connectivity index (χ4n) is 2.85. The minimum atomic E-state index is 0.371. The number of hydrogen-bond acceptors (Lipinski definition) is 4. The van der Waals surface area contributed by atoms with Crippen molar-refractivity contribution in [1.82, 2.24) is 9.97 Å². The van der Waals surface area contributed by atoms with Gasteiger partial charge >= 0.3 is 0 Å². The van der Waals surface area contributed by atoms with Crippen molar-refractivity contribution in [3.05, 3.63) is 48.6 Å². The molecule has 1 aliphatic heterocycles. The van der Waals surface area contributed by atoms with Gasteiger partial charge in [0.1, 0.15) is 0 Å². The molecule has 0 bridgehead atoms. The van der Waals surface area contributed by atoms with E-state index in [0.717, 1.165) is 54.2 Å². The molecule has 0 radical (unpaired) electrons. The Balaban J connectivity index is 1.74. The molecule has 0 unspecified atom stereocenters. The standard InChI is InChI=1S/C17H16N2O2/c1-3-12-4-2-8-18-16(12)14(5-1)15-11-19-17(21-15)13-6-9-20-10-7-13/h1-5,8,11,13H,6-7,9-10H2. The molecule has 3 aromatic rings. The molecule has 0 atom stereocenters. The predicted molar refractivity (Wildman–Crippen MR) is 80.0 cm³/mol. The number of para-hydroxylation sites is 1. The van der Waals surface area contributed by atoms with Crippen LogP contribution < -0.4 is 0 Å². The molecular formula is C17H16N2O2. The van der Waals surface area contributed by atoms with E-state index in [4.69, 9.17) is 9.15 Å². The van der Waals surface area contributed by atoms with E-state index in [2.05, 4.69) is 22.1 Å². The number of ether oxygens (including phenoxy) is 1. The smallest absolute Gasteiger partial charge is 0.198 e. The first kappa shape index (κ1) is 12.5. The highest BCUT2D eigenvalue weighted by Crippen LogP contribution is 2.32. The van der Waals surface area contributed by atoms with Crippen LogP contribution in [0.3, 0.4) is 0 Å². The summed E-state index contributed by atoms with van der Waals surface area (Å²) in [6.07, 6.45) is 5.58. The molecule has 1 fully saturated rings. The maximum Gasteiger partial charge on any atom is 0.198 e. The van der Waals surface area contributed by atoms with E-state index >= 15 is 0 Å². The topological polar surface area (TPSA) is 48.2 Å². The van der Waals surface area contributed by atoms with Gasteiger partial charge in [-0.2, -0.15) is 0 Å². The lowest BCUT2D eigenvalue weighted by atomic mass is 10.0. The van der Waals surface area contributed by atoms with E-state index in [1.165, 1.54) is 0 Å². The highest BCUT2D eigenvalue weighted by molar-refractivity contribution is 5.91. The van der Waals surface area contributed by atoms with E-state index in [-0.39, 0.29) is 0 Å². The van der Waals surface area contributed by atoms with Crippen molar-refractivity contribution in [2.24, 2.45) is 0 Å². The molecule has 0 aliphatic carbocycles. The minimum absolute atomic E-state index is 0.371. The first-order chi connectivity index (χ1) is 10.4. The van der Waals surface area contributed by atoms with E-state index in [1.807, 2.05) is 30.6 Å². The summed E-state index contributed by atoms with van der Waals surface area (Å²) in [5.74, 6) is 1.98. The zero-order valence-corrected chi connectivity index (χ0v) is 11.7. The molecule has 0 saturated carbocycles. The van der Waals surface area contributed by atoms with Gasteiger partial charge in [0.05, 0.1) is 11.7 Å². The Bertz CT molecular complexity index is 755. The van der Waals surface area contributed by atoms with Crippen molar-refractivity contribution in [3.8, 4) is 11.3 Å². The van der Waals surface area contributed by atoms with Crippen molar-refractivity contribution in [3.63, 3.8) is 0 Å². The van der Waals surface area contributed by atoms with Crippen LogP contribution in [0, 0.1) is 0 Å². The van der Waals surface area contributed by atoms with Crippen LogP contribution in [0.25, 0.3) is 22.2 Å². The summed E-state index contributed by atoms with van der Waals surface area (Å²) < 4.78 is 11.4. The second-order valence-corrected chi connectivity index (χ2v) is 5.33. The van der Waals surface area contributed by atoms with Crippen molar-refractivity contribution < 1.29 is 9.15 Å². The summed E-state index contributed by atoms with van der Waals surface area (Å²) in [7, 11) is 0. The lowest BCUT2D eigenvalue weighted by molar-refractivity contribution is 0.0796. The maximum atomic E-state index is 6.01. The number of nitrogens with zero attached hydrogens (tertiary/aromatic N) is 2. The van der Waals surface area contributed by atoms with Crippen LogP contribution >= 0.6 is 0 Å². The van der Waals surface area contributed by atoms with Gasteiger partial charge in [0.15, 0.2) is 11.7 Å². The summed E-state index contributed by atoms with van der Waals surface area (Å²) in [6, 6.07) is 10.1. The Labute approximate surface area is 122 Å². The minimum Gasteiger partial charge on any atom is -0.440 e. The second-order valence-electron chi connectivity index (χ2n) is 5.33. The first-order valence-electron chi connectivity index (χ1n) is 7.29. The molecule has 1 aromatic carbocycles. The third-order valence-corrected chi connectivity index (χ3v) is 3.99. The van der Waals surface area contributed by atoms with Crippen molar-refractivity contribution in [2.75, 3.05) is 13.2 Å². The zero-order chi connectivity index (χ0) is 14.1.